The van der Waals surface area contributed by atoms with Crippen molar-refractivity contribution in [1.82, 2.24) is 14.1 Å². The highest BCUT2D eigenvalue weighted by Gasteiger charge is 2.31. The molecular formula is C17H23N3O3S. The van der Waals surface area contributed by atoms with Crippen molar-refractivity contribution >= 4 is 10.0 Å². The van der Waals surface area contributed by atoms with Crippen LogP contribution in [0.25, 0.3) is 0 Å². The lowest BCUT2D eigenvalue weighted by molar-refractivity contribution is 0.0730. The summed E-state index contributed by atoms with van der Waals surface area (Å²) in [7, 11) is -3.53. The average Bonchev–Trinajstić information content (AvgIpc) is 2.85. The first-order valence-corrected chi connectivity index (χ1v) is 9.51. The van der Waals surface area contributed by atoms with Gasteiger partial charge in [-0.1, -0.05) is 29.8 Å². The fourth-order valence-electron chi connectivity index (χ4n) is 2.99. The van der Waals surface area contributed by atoms with Crippen LogP contribution in [-0.4, -0.2) is 48.8 Å². The van der Waals surface area contributed by atoms with Gasteiger partial charge in [0.05, 0.1) is 31.1 Å². The van der Waals surface area contributed by atoms with Crippen molar-refractivity contribution in [1.29, 1.82) is 0 Å². The lowest BCUT2D eigenvalue weighted by Crippen LogP contribution is -2.41. The number of benzene rings is 1. The van der Waals surface area contributed by atoms with Crippen LogP contribution < -0.4 is 0 Å². The maximum atomic E-state index is 13.0. The third-order valence-corrected chi connectivity index (χ3v) is 6.49. The molecule has 0 saturated carbocycles. The van der Waals surface area contributed by atoms with Crippen LogP contribution in [0.4, 0.5) is 0 Å². The third kappa shape index (κ3) is 3.24. The molecule has 0 atom stereocenters. The highest BCUT2D eigenvalue weighted by Crippen LogP contribution is 2.24. The largest absolute Gasteiger partial charge is 0.379 e. The monoisotopic (exact) mass is 349 g/mol. The summed E-state index contributed by atoms with van der Waals surface area (Å²) in [6, 6.07) is 8.18. The number of morpholine rings is 1. The molecule has 2 aromatic rings. The van der Waals surface area contributed by atoms with Gasteiger partial charge in [-0.15, -0.1) is 0 Å². The molecule has 3 rings (SSSR count). The molecule has 0 bridgehead atoms. The molecule has 0 spiro atoms. The molecule has 0 aliphatic carbocycles. The van der Waals surface area contributed by atoms with Gasteiger partial charge >= 0.3 is 0 Å². The van der Waals surface area contributed by atoms with Crippen molar-refractivity contribution in [2.45, 2.75) is 32.2 Å². The van der Waals surface area contributed by atoms with E-state index >= 15 is 0 Å². The molecule has 0 amide bonds. The molecule has 2 heterocycles. The second kappa shape index (κ2) is 6.66. The summed E-state index contributed by atoms with van der Waals surface area (Å²) >= 11 is 0. The zero-order chi connectivity index (χ0) is 17.3. The Morgan fingerprint density at radius 2 is 1.71 bits per heavy atom. The Hall–Kier alpha value is -1.70. The molecule has 7 heteroatoms. The predicted octanol–water partition coefficient (Wildman–Crippen LogP) is 1.88. The van der Waals surface area contributed by atoms with Gasteiger partial charge in [-0.05, 0) is 26.3 Å². The molecule has 1 aromatic heterocycles. The second-order valence-corrected chi connectivity index (χ2v) is 8.03. The summed E-state index contributed by atoms with van der Waals surface area (Å²) < 4.78 is 34.4. The van der Waals surface area contributed by atoms with E-state index in [2.05, 4.69) is 5.10 Å². The van der Waals surface area contributed by atoms with Crippen molar-refractivity contribution in [2.24, 2.45) is 0 Å². The molecule has 1 aliphatic rings. The van der Waals surface area contributed by atoms with E-state index in [1.165, 1.54) is 9.87 Å². The molecule has 0 radical (unpaired) electrons. The van der Waals surface area contributed by atoms with Gasteiger partial charge in [0.25, 0.3) is 0 Å². The number of hydrogen-bond acceptors (Lipinski definition) is 4. The highest BCUT2D eigenvalue weighted by molar-refractivity contribution is 7.89. The molecule has 1 fully saturated rings. The zero-order valence-electron chi connectivity index (χ0n) is 14.3. The first kappa shape index (κ1) is 17.1. The molecule has 130 valence electrons. The summed E-state index contributed by atoms with van der Waals surface area (Å²) in [5.74, 6) is 0. The molecular weight excluding hydrogens is 326 g/mol. The number of aromatic nitrogens is 2. The van der Waals surface area contributed by atoms with Crippen LogP contribution in [0.5, 0.6) is 0 Å². The van der Waals surface area contributed by atoms with E-state index in [1.54, 1.807) is 11.6 Å². The van der Waals surface area contributed by atoms with Crippen molar-refractivity contribution < 1.29 is 13.2 Å². The van der Waals surface area contributed by atoms with Crippen LogP contribution >= 0.6 is 0 Å². The van der Waals surface area contributed by atoms with E-state index < -0.39 is 10.0 Å². The molecule has 0 N–H and O–H groups in total. The molecule has 1 saturated heterocycles. The molecule has 1 aliphatic heterocycles. The van der Waals surface area contributed by atoms with E-state index in [9.17, 15) is 8.42 Å². The molecule has 6 nitrogen and oxygen atoms in total. The first-order valence-electron chi connectivity index (χ1n) is 8.07. The minimum atomic E-state index is -3.53. The van der Waals surface area contributed by atoms with E-state index in [0.29, 0.717) is 49.1 Å². The van der Waals surface area contributed by atoms with Gasteiger partial charge in [-0.25, -0.2) is 8.42 Å². The van der Waals surface area contributed by atoms with Gasteiger partial charge < -0.3 is 4.74 Å². The maximum absolute atomic E-state index is 13.0. The van der Waals surface area contributed by atoms with Crippen molar-refractivity contribution in [3.05, 3.63) is 46.8 Å². The summed E-state index contributed by atoms with van der Waals surface area (Å²) in [4.78, 5) is 0.330. The Bertz CT molecular complexity index is 820. The summed E-state index contributed by atoms with van der Waals surface area (Å²) in [5.41, 5.74) is 3.52. The summed E-state index contributed by atoms with van der Waals surface area (Å²) in [5, 5.41) is 4.47. The van der Waals surface area contributed by atoms with Crippen molar-refractivity contribution in [2.75, 3.05) is 26.3 Å². The number of nitrogens with zero attached hydrogens (tertiary/aromatic N) is 3. The predicted molar refractivity (Wildman–Crippen MR) is 91.6 cm³/mol. The number of rotatable bonds is 4. The maximum Gasteiger partial charge on any atom is 0.246 e. The fourth-order valence-corrected chi connectivity index (χ4v) is 4.77. The van der Waals surface area contributed by atoms with E-state index in [-0.39, 0.29) is 0 Å². The highest BCUT2D eigenvalue weighted by atomic mass is 32.2. The number of ether oxygens (including phenoxy) is 1. The topological polar surface area (TPSA) is 64.4 Å². The molecule has 24 heavy (non-hydrogen) atoms. The zero-order valence-corrected chi connectivity index (χ0v) is 15.1. The van der Waals surface area contributed by atoms with E-state index in [1.807, 2.05) is 38.1 Å². The number of hydrogen-bond donors (Lipinski definition) is 0. The molecule has 1 aromatic carbocycles. The average molecular weight is 349 g/mol. The Labute approximate surface area is 143 Å². The Morgan fingerprint density at radius 1 is 1.08 bits per heavy atom. The van der Waals surface area contributed by atoms with Crippen molar-refractivity contribution in [3.63, 3.8) is 0 Å². The lowest BCUT2D eigenvalue weighted by atomic mass is 10.1. The van der Waals surface area contributed by atoms with Crippen molar-refractivity contribution in [3.8, 4) is 0 Å². The van der Waals surface area contributed by atoms with Crippen LogP contribution in [0.2, 0.25) is 0 Å². The number of sulfonamides is 1. The van der Waals surface area contributed by atoms with Crippen LogP contribution in [0.3, 0.4) is 0 Å². The van der Waals surface area contributed by atoms with Gasteiger partial charge in [-0.3, -0.25) is 4.68 Å². The minimum absolute atomic E-state index is 0.330. The van der Waals surface area contributed by atoms with Gasteiger partial charge in [0.1, 0.15) is 4.90 Å². The SMILES string of the molecule is Cc1ccc(Cn2nc(C)c(S(=O)(=O)N3CCOCC3)c2C)cc1. The van der Waals surface area contributed by atoms with Gasteiger partial charge in [0, 0.05) is 13.1 Å². The first-order chi connectivity index (χ1) is 11.4. The van der Waals surface area contributed by atoms with Crippen LogP contribution in [0.15, 0.2) is 29.2 Å². The second-order valence-electron chi connectivity index (χ2n) is 6.16. The lowest BCUT2D eigenvalue weighted by Gasteiger charge is -2.26. The van der Waals surface area contributed by atoms with E-state index in [0.717, 1.165) is 5.56 Å². The minimum Gasteiger partial charge on any atom is -0.379 e. The van der Waals surface area contributed by atoms with Gasteiger partial charge in [0.15, 0.2) is 0 Å². The standard InChI is InChI=1S/C17H23N3O3S/c1-13-4-6-16(7-5-13)12-20-15(3)17(14(2)18-20)24(21,22)19-8-10-23-11-9-19/h4-7H,8-12H2,1-3H3. The van der Waals surface area contributed by atoms with Gasteiger partial charge in [0.2, 0.25) is 10.0 Å². The molecule has 0 unspecified atom stereocenters. The van der Waals surface area contributed by atoms with Crippen LogP contribution in [0.1, 0.15) is 22.5 Å². The Balaban J connectivity index is 1.92. The van der Waals surface area contributed by atoms with Gasteiger partial charge in [-0.2, -0.15) is 9.40 Å². The summed E-state index contributed by atoms with van der Waals surface area (Å²) in [6.07, 6.45) is 0. The van der Waals surface area contributed by atoms with E-state index in [4.69, 9.17) is 4.74 Å². The Morgan fingerprint density at radius 3 is 2.33 bits per heavy atom. The third-order valence-electron chi connectivity index (χ3n) is 4.34. The number of aryl methyl sites for hydroxylation is 2. The smallest absolute Gasteiger partial charge is 0.246 e. The van der Waals surface area contributed by atoms with Crippen LogP contribution in [0, 0.1) is 20.8 Å². The summed E-state index contributed by atoms with van der Waals surface area (Å²) in [6.45, 7) is 7.84. The van der Waals surface area contributed by atoms with Crippen LogP contribution in [-0.2, 0) is 21.3 Å². The Kier molecular flexibility index (Phi) is 4.76. The quantitative estimate of drug-likeness (QED) is 0.845. The normalized spacial score (nSPS) is 16.5. The fraction of sp³-hybridized carbons (Fsp3) is 0.471.